The van der Waals surface area contributed by atoms with Crippen molar-refractivity contribution in [3.05, 3.63) is 67.3 Å². The van der Waals surface area contributed by atoms with Gasteiger partial charge in [0.1, 0.15) is 25.9 Å². The van der Waals surface area contributed by atoms with E-state index in [1.165, 1.54) is 41.3 Å². The molecule has 0 aliphatic carbocycles. The Bertz CT molecular complexity index is 1050. The quantitative estimate of drug-likeness (QED) is 0.188. The summed E-state index contributed by atoms with van der Waals surface area (Å²) in [5, 5.41) is 2.23. The molecule has 2 rings (SSSR count). The SMILES string of the molecule is C=CCOC(=O)c1cccc(NC(=O)[C@@H]2C[C@@H](CC(=O)S)CN2C(=O)OCC=C)c1C(=O)OCC=C. The number of carbonyl (C=O) groups excluding carboxylic acids is 5. The van der Waals surface area contributed by atoms with Gasteiger partial charge in [0.15, 0.2) is 5.12 Å². The van der Waals surface area contributed by atoms with Crippen molar-refractivity contribution in [2.45, 2.75) is 18.9 Å². The van der Waals surface area contributed by atoms with Crippen LogP contribution in [0.4, 0.5) is 10.5 Å². The summed E-state index contributed by atoms with van der Waals surface area (Å²) in [6.07, 6.45) is 3.57. The van der Waals surface area contributed by atoms with Crippen LogP contribution >= 0.6 is 12.6 Å². The Labute approximate surface area is 214 Å². The number of carbonyl (C=O) groups is 5. The van der Waals surface area contributed by atoms with E-state index in [2.05, 4.69) is 37.7 Å². The Balaban J connectivity index is 2.38. The molecule has 0 spiro atoms. The number of rotatable bonds is 12. The number of benzene rings is 1. The lowest BCUT2D eigenvalue weighted by atomic mass is 10.0. The molecular weight excluding hydrogens is 488 g/mol. The molecule has 11 heteroatoms. The first-order valence-electron chi connectivity index (χ1n) is 11.0. The number of nitrogens with one attached hydrogen (secondary N) is 1. The summed E-state index contributed by atoms with van der Waals surface area (Å²) in [4.78, 5) is 63.9. The van der Waals surface area contributed by atoms with Crippen molar-refractivity contribution >= 4 is 47.4 Å². The van der Waals surface area contributed by atoms with Crippen LogP contribution in [0.5, 0.6) is 0 Å². The van der Waals surface area contributed by atoms with Gasteiger partial charge in [-0.1, -0.05) is 44.0 Å². The van der Waals surface area contributed by atoms with Gasteiger partial charge in [-0.3, -0.25) is 14.5 Å². The number of amides is 2. The largest absolute Gasteiger partial charge is 0.458 e. The Morgan fingerprint density at radius 1 is 0.972 bits per heavy atom. The monoisotopic (exact) mass is 516 g/mol. The van der Waals surface area contributed by atoms with Crippen molar-refractivity contribution in [2.24, 2.45) is 5.92 Å². The summed E-state index contributed by atoms with van der Waals surface area (Å²) in [6.45, 7) is 10.3. The van der Waals surface area contributed by atoms with Gasteiger partial charge in [-0.15, -0.1) is 12.6 Å². The van der Waals surface area contributed by atoms with E-state index in [0.717, 1.165) is 0 Å². The van der Waals surface area contributed by atoms with Crippen LogP contribution in [0.3, 0.4) is 0 Å². The standard InChI is InChI=1S/C25H28N2O8S/c1-4-10-33-23(30)17-8-7-9-18(21(17)24(31)34-11-5-2)26-22(29)19-13-16(14-20(28)36)15-27(19)25(32)35-12-6-3/h4-9,16,19H,1-3,10-15H2,(H,26,29)(H,28,36)/t16-,19-/m0/s1. The van der Waals surface area contributed by atoms with Crippen LogP contribution in [0.25, 0.3) is 0 Å². The van der Waals surface area contributed by atoms with E-state index in [1.807, 2.05) is 0 Å². The summed E-state index contributed by atoms with van der Waals surface area (Å²) in [7, 11) is 0. The second-order valence-electron chi connectivity index (χ2n) is 7.72. The lowest BCUT2D eigenvalue weighted by Gasteiger charge is -2.23. The van der Waals surface area contributed by atoms with Crippen LogP contribution in [0.1, 0.15) is 33.6 Å². The predicted octanol–water partition coefficient (Wildman–Crippen LogP) is 3.17. The number of likely N-dealkylation sites (tertiary alicyclic amines) is 1. The molecule has 1 saturated heterocycles. The molecule has 1 aromatic rings. The zero-order valence-electron chi connectivity index (χ0n) is 19.6. The van der Waals surface area contributed by atoms with Gasteiger partial charge in [0.25, 0.3) is 0 Å². The van der Waals surface area contributed by atoms with Crippen molar-refractivity contribution in [3.63, 3.8) is 0 Å². The lowest BCUT2D eigenvalue weighted by Crippen LogP contribution is -2.43. The lowest BCUT2D eigenvalue weighted by molar-refractivity contribution is -0.120. The molecule has 1 aromatic carbocycles. The van der Waals surface area contributed by atoms with Crippen LogP contribution < -0.4 is 5.32 Å². The van der Waals surface area contributed by atoms with E-state index < -0.39 is 30.0 Å². The topological polar surface area (TPSA) is 128 Å². The first kappa shape index (κ1) is 28.4. The second kappa shape index (κ2) is 13.9. The van der Waals surface area contributed by atoms with E-state index in [-0.39, 0.29) is 67.1 Å². The van der Waals surface area contributed by atoms with Gasteiger partial charge in [0, 0.05) is 13.0 Å². The number of hydrogen-bond acceptors (Lipinski definition) is 8. The highest BCUT2D eigenvalue weighted by molar-refractivity contribution is 7.96. The summed E-state index contributed by atoms with van der Waals surface area (Å²) < 4.78 is 15.2. The molecule has 1 fully saturated rings. The third-order valence-electron chi connectivity index (χ3n) is 5.12. The zero-order chi connectivity index (χ0) is 26.7. The predicted molar refractivity (Wildman–Crippen MR) is 135 cm³/mol. The normalized spacial score (nSPS) is 16.4. The first-order valence-corrected chi connectivity index (χ1v) is 11.4. The number of nitrogens with zero attached hydrogens (tertiary/aromatic N) is 1. The summed E-state index contributed by atoms with van der Waals surface area (Å²) in [6, 6.07) is 3.22. The Kier molecular flexibility index (Phi) is 10.9. The molecule has 2 atom stereocenters. The van der Waals surface area contributed by atoms with Gasteiger partial charge in [0.2, 0.25) is 5.91 Å². The maximum Gasteiger partial charge on any atom is 0.410 e. The average Bonchev–Trinajstić information content (AvgIpc) is 3.27. The van der Waals surface area contributed by atoms with Gasteiger partial charge in [-0.25, -0.2) is 14.4 Å². The number of esters is 2. The Hall–Kier alpha value is -3.86. The van der Waals surface area contributed by atoms with Crippen LogP contribution in [0.15, 0.2) is 56.2 Å². The molecule has 0 saturated carbocycles. The van der Waals surface area contributed by atoms with E-state index >= 15 is 0 Å². The molecule has 1 aliphatic heterocycles. The smallest absolute Gasteiger partial charge is 0.410 e. The van der Waals surface area contributed by atoms with Crippen molar-refractivity contribution in [2.75, 3.05) is 31.7 Å². The number of ether oxygens (including phenoxy) is 3. The van der Waals surface area contributed by atoms with Crippen LogP contribution in [-0.2, 0) is 23.8 Å². The summed E-state index contributed by atoms with van der Waals surface area (Å²) in [5.74, 6) is -2.67. The maximum atomic E-state index is 13.3. The summed E-state index contributed by atoms with van der Waals surface area (Å²) >= 11 is 3.80. The molecule has 2 amide bonds. The molecule has 192 valence electrons. The Morgan fingerprint density at radius 3 is 2.19 bits per heavy atom. The minimum absolute atomic E-state index is 0.0183. The molecule has 0 unspecified atom stereocenters. The summed E-state index contributed by atoms with van der Waals surface area (Å²) in [5.41, 5.74) is -0.367. The van der Waals surface area contributed by atoms with Gasteiger partial charge in [-0.05, 0) is 24.5 Å². The van der Waals surface area contributed by atoms with Gasteiger partial charge in [-0.2, -0.15) is 0 Å². The number of anilines is 1. The zero-order valence-corrected chi connectivity index (χ0v) is 20.5. The first-order chi connectivity index (χ1) is 17.2. The Morgan fingerprint density at radius 2 is 1.58 bits per heavy atom. The minimum Gasteiger partial charge on any atom is -0.458 e. The second-order valence-corrected chi connectivity index (χ2v) is 8.22. The fourth-order valence-corrected chi connectivity index (χ4v) is 3.92. The number of thiol groups is 1. The molecule has 10 nitrogen and oxygen atoms in total. The van der Waals surface area contributed by atoms with Gasteiger partial charge in [0.05, 0.1) is 16.8 Å². The molecular formula is C25H28N2O8S. The highest BCUT2D eigenvalue weighted by Crippen LogP contribution is 2.29. The van der Waals surface area contributed by atoms with Gasteiger partial charge < -0.3 is 19.5 Å². The highest BCUT2D eigenvalue weighted by atomic mass is 32.1. The minimum atomic E-state index is -1.01. The van der Waals surface area contributed by atoms with E-state index in [4.69, 9.17) is 14.2 Å². The van der Waals surface area contributed by atoms with E-state index in [9.17, 15) is 24.0 Å². The van der Waals surface area contributed by atoms with Crippen LogP contribution in [-0.4, -0.2) is 66.4 Å². The fraction of sp³-hybridized carbons (Fsp3) is 0.320. The molecule has 1 N–H and O–H groups in total. The fourth-order valence-electron chi connectivity index (χ4n) is 3.66. The molecule has 0 aromatic heterocycles. The molecule has 1 aliphatic rings. The molecule has 0 radical (unpaired) electrons. The number of hydrogen-bond donors (Lipinski definition) is 2. The van der Waals surface area contributed by atoms with Crippen LogP contribution in [0.2, 0.25) is 0 Å². The maximum absolute atomic E-state index is 13.3. The van der Waals surface area contributed by atoms with Crippen molar-refractivity contribution < 1.29 is 38.2 Å². The molecule has 1 heterocycles. The van der Waals surface area contributed by atoms with Crippen LogP contribution in [0, 0.1) is 5.92 Å². The molecule has 0 bridgehead atoms. The third-order valence-corrected chi connectivity index (χ3v) is 5.31. The van der Waals surface area contributed by atoms with Crippen molar-refractivity contribution in [3.8, 4) is 0 Å². The third kappa shape index (κ3) is 7.57. The van der Waals surface area contributed by atoms with E-state index in [0.29, 0.717) is 0 Å². The molecule has 36 heavy (non-hydrogen) atoms. The van der Waals surface area contributed by atoms with Gasteiger partial charge >= 0.3 is 18.0 Å². The highest BCUT2D eigenvalue weighted by Gasteiger charge is 2.41. The van der Waals surface area contributed by atoms with Crippen molar-refractivity contribution in [1.82, 2.24) is 4.90 Å². The average molecular weight is 517 g/mol. The van der Waals surface area contributed by atoms with E-state index in [1.54, 1.807) is 0 Å². The van der Waals surface area contributed by atoms with Crippen molar-refractivity contribution in [1.29, 1.82) is 0 Å².